The zero-order chi connectivity index (χ0) is 22.3. The van der Waals surface area contributed by atoms with Gasteiger partial charge in [0.25, 0.3) is 0 Å². The molecule has 32 heavy (non-hydrogen) atoms. The highest BCUT2D eigenvalue weighted by atomic mass is 16.5. The summed E-state index contributed by atoms with van der Waals surface area (Å²) in [4.78, 5) is 12.1. The molecule has 8 heteroatoms. The lowest BCUT2D eigenvalue weighted by atomic mass is 9.98. The molecule has 0 spiro atoms. The Bertz CT molecular complexity index is 1020. The first kappa shape index (κ1) is 22.0. The maximum absolute atomic E-state index is 12.1. The molecular formula is C24H27N3O5. The van der Waals surface area contributed by atoms with E-state index in [1.807, 2.05) is 24.3 Å². The van der Waals surface area contributed by atoms with E-state index < -0.39 is 6.09 Å². The number of benzene rings is 2. The van der Waals surface area contributed by atoms with Gasteiger partial charge >= 0.3 is 6.09 Å². The van der Waals surface area contributed by atoms with Gasteiger partial charge in [0.15, 0.2) is 0 Å². The molecule has 0 atom stereocenters. The van der Waals surface area contributed by atoms with Crippen LogP contribution in [0.3, 0.4) is 0 Å². The molecule has 0 saturated carbocycles. The van der Waals surface area contributed by atoms with Crippen molar-refractivity contribution in [3.05, 3.63) is 77.1 Å². The van der Waals surface area contributed by atoms with Gasteiger partial charge in [0, 0.05) is 12.5 Å². The minimum Gasteiger partial charge on any atom is -0.449 e. The van der Waals surface area contributed by atoms with Gasteiger partial charge < -0.3 is 25.0 Å². The van der Waals surface area contributed by atoms with Crippen LogP contribution in [-0.4, -0.2) is 52.5 Å². The van der Waals surface area contributed by atoms with Gasteiger partial charge in [-0.05, 0) is 28.3 Å². The summed E-state index contributed by atoms with van der Waals surface area (Å²) in [6.45, 7) is 1.41. The second-order valence-electron chi connectivity index (χ2n) is 7.53. The largest absolute Gasteiger partial charge is 0.449 e. The summed E-state index contributed by atoms with van der Waals surface area (Å²) in [6, 6.07) is 18.1. The van der Waals surface area contributed by atoms with Crippen molar-refractivity contribution in [2.75, 3.05) is 26.4 Å². The number of aliphatic hydroxyl groups is 2. The third kappa shape index (κ3) is 4.83. The van der Waals surface area contributed by atoms with E-state index >= 15 is 0 Å². The minimum atomic E-state index is -0.474. The van der Waals surface area contributed by atoms with Gasteiger partial charge in [-0.25, -0.2) is 4.79 Å². The lowest BCUT2D eigenvalue weighted by Gasteiger charge is -2.14. The molecule has 168 valence electrons. The highest BCUT2D eigenvalue weighted by Crippen LogP contribution is 2.44. The predicted octanol–water partition coefficient (Wildman–Crippen LogP) is 2.42. The highest BCUT2D eigenvalue weighted by Gasteiger charge is 2.28. The van der Waals surface area contributed by atoms with E-state index in [-0.39, 0.29) is 25.7 Å². The van der Waals surface area contributed by atoms with E-state index in [0.29, 0.717) is 37.7 Å². The molecule has 2 aromatic carbocycles. The van der Waals surface area contributed by atoms with Crippen molar-refractivity contribution in [2.45, 2.75) is 25.7 Å². The number of aromatic nitrogens is 2. The maximum Gasteiger partial charge on any atom is 0.407 e. The molecule has 0 unspecified atom stereocenters. The van der Waals surface area contributed by atoms with Crippen LogP contribution in [0, 0.1) is 0 Å². The molecule has 0 saturated heterocycles. The van der Waals surface area contributed by atoms with E-state index in [4.69, 9.17) is 14.6 Å². The topological polar surface area (TPSA) is 106 Å². The summed E-state index contributed by atoms with van der Waals surface area (Å²) in [6.07, 6.45) is -0.474. The van der Waals surface area contributed by atoms with Crippen LogP contribution in [0.1, 0.15) is 28.4 Å². The van der Waals surface area contributed by atoms with Gasteiger partial charge in [0.05, 0.1) is 44.4 Å². The summed E-state index contributed by atoms with van der Waals surface area (Å²) in [5.74, 6) is 0.0306. The molecule has 8 nitrogen and oxygen atoms in total. The maximum atomic E-state index is 12.1. The first-order chi connectivity index (χ1) is 15.7. The second kappa shape index (κ2) is 10.4. The van der Waals surface area contributed by atoms with Crippen LogP contribution in [0.15, 0.2) is 54.6 Å². The third-order valence-corrected chi connectivity index (χ3v) is 5.54. The Morgan fingerprint density at radius 3 is 2.34 bits per heavy atom. The summed E-state index contributed by atoms with van der Waals surface area (Å²) in [5.41, 5.74) is 5.86. The van der Waals surface area contributed by atoms with E-state index in [1.54, 1.807) is 10.7 Å². The number of hydrogen-bond donors (Lipinski definition) is 3. The van der Waals surface area contributed by atoms with E-state index in [9.17, 15) is 9.90 Å². The number of ether oxygens (including phenoxy) is 2. The number of alkyl carbamates (subject to hydrolysis) is 1. The van der Waals surface area contributed by atoms with Crippen LogP contribution < -0.4 is 5.32 Å². The van der Waals surface area contributed by atoms with Crippen LogP contribution >= 0.6 is 0 Å². The lowest BCUT2D eigenvalue weighted by Crippen LogP contribution is -2.29. The molecule has 3 N–H and O–H groups in total. The summed E-state index contributed by atoms with van der Waals surface area (Å²) < 4.78 is 12.6. The fourth-order valence-corrected chi connectivity index (χ4v) is 4.04. The Kier molecular flexibility index (Phi) is 7.16. The second-order valence-corrected chi connectivity index (χ2v) is 7.53. The number of carbonyl (C=O) groups excluding carboxylic acids is 1. The molecule has 0 fully saturated rings. The number of nitrogens with zero attached hydrogens (tertiary/aromatic N) is 2. The average molecular weight is 437 g/mol. The fraction of sp³-hybridized carbons (Fsp3) is 0.333. The van der Waals surface area contributed by atoms with Crippen LogP contribution in [0.2, 0.25) is 0 Å². The first-order valence-electron chi connectivity index (χ1n) is 10.6. The summed E-state index contributed by atoms with van der Waals surface area (Å²) >= 11 is 0. The lowest BCUT2D eigenvalue weighted by molar-refractivity contribution is 0.113. The number of nitrogens with one attached hydrogen (secondary N) is 1. The van der Waals surface area contributed by atoms with Crippen LogP contribution in [0.4, 0.5) is 4.79 Å². The molecule has 1 amide bonds. The third-order valence-electron chi connectivity index (χ3n) is 5.54. The Morgan fingerprint density at radius 2 is 1.69 bits per heavy atom. The van der Waals surface area contributed by atoms with Crippen molar-refractivity contribution in [3.8, 4) is 11.1 Å². The van der Waals surface area contributed by atoms with Crippen molar-refractivity contribution in [1.82, 2.24) is 15.1 Å². The van der Waals surface area contributed by atoms with Gasteiger partial charge in [0.1, 0.15) is 6.61 Å². The van der Waals surface area contributed by atoms with Crippen molar-refractivity contribution in [1.29, 1.82) is 0 Å². The molecule has 1 heterocycles. The summed E-state index contributed by atoms with van der Waals surface area (Å²) in [7, 11) is 0. The molecule has 1 aromatic heterocycles. The highest BCUT2D eigenvalue weighted by molar-refractivity contribution is 5.79. The van der Waals surface area contributed by atoms with Crippen molar-refractivity contribution >= 4 is 6.09 Å². The van der Waals surface area contributed by atoms with Gasteiger partial charge in [0.2, 0.25) is 0 Å². The smallest absolute Gasteiger partial charge is 0.407 e. The van der Waals surface area contributed by atoms with Crippen molar-refractivity contribution in [2.24, 2.45) is 0 Å². The minimum absolute atomic E-state index is 0.0306. The van der Waals surface area contributed by atoms with Gasteiger partial charge in [-0.1, -0.05) is 48.5 Å². The number of fused-ring (bicyclic) bond motifs is 3. The Hall–Kier alpha value is -3.20. The molecule has 1 aliphatic rings. The van der Waals surface area contributed by atoms with Gasteiger partial charge in [-0.15, -0.1) is 0 Å². The molecule has 1 aliphatic carbocycles. The van der Waals surface area contributed by atoms with E-state index in [1.165, 1.54) is 22.3 Å². The standard InChI is InChI=1S/C24H27N3O5/c28-14-17-13-18(15-29)27(26-17)10-12-31-11-9-25-24(30)32-16-23-21-7-3-1-5-19(21)20-6-2-4-8-22(20)23/h1-8,13,23,28-29H,9-12,14-16H2,(H,25,30). The molecule has 3 aromatic rings. The van der Waals surface area contributed by atoms with Crippen molar-refractivity contribution < 1.29 is 24.5 Å². The number of hydrogen-bond acceptors (Lipinski definition) is 6. The van der Waals surface area contributed by atoms with Crippen molar-refractivity contribution in [3.63, 3.8) is 0 Å². The Labute approximate surface area is 186 Å². The number of aliphatic hydroxyl groups excluding tert-OH is 2. The zero-order valence-electron chi connectivity index (χ0n) is 17.7. The van der Waals surface area contributed by atoms with Gasteiger partial charge in [-0.3, -0.25) is 4.68 Å². The van der Waals surface area contributed by atoms with E-state index in [0.717, 1.165) is 0 Å². The normalized spacial score (nSPS) is 12.4. The zero-order valence-corrected chi connectivity index (χ0v) is 17.7. The van der Waals surface area contributed by atoms with Crippen LogP contribution in [-0.2, 0) is 29.2 Å². The van der Waals surface area contributed by atoms with Crippen LogP contribution in [0.5, 0.6) is 0 Å². The fourth-order valence-electron chi connectivity index (χ4n) is 4.04. The van der Waals surface area contributed by atoms with Crippen LogP contribution in [0.25, 0.3) is 11.1 Å². The monoisotopic (exact) mass is 437 g/mol. The quantitative estimate of drug-likeness (QED) is 0.421. The summed E-state index contributed by atoms with van der Waals surface area (Å²) in [5, 5.41) is 25.3. The SMILES string of the molecule is O=C(NCCOCCn1nc(CO)cc1CO)OCC1c2ccccc2-c2ccccc21. The molecular weight excluding hydrogens is 410 g/mol. The molecule has 0 aliphatic heterocycles. The van der Waals surface area contributed by atoms with E-state index in [2.05, 4.69) is 34.7 Å². The molecule has 4 rings (SSSR count). The van der Waals surface area contributed by atoms with Gasteiger partial charge in [-0.2, -0.15) is 5.10 Å². The Morgan fingerprint density at radius 1 is 1.00 bits per heavy atom. The number of rotatable bonds is 10. The Balaban J connectivity index is 1.18. The number of carbonyl (C=O) groups is 1. The predicted molar refractivity (Wildman–Crippen MR) is 118 cm³/mol. The first-order valence-corrected chi connectivity index (χ1v) is 10.6. The molecule has 0 radical (unpaired) electrons. The average Bonchev–Trinajstić information content (AvgIpc) is 3.38. The number of amides is 1. The molecule has 0 bridgehead atoms.